The molecule has 0 aliphatic rings. The van der Waals surface area contributed by atoms with Crippen LogP contribution >= 0.6 is 23.2 Å². The van der Waals surface area contributed by atoms with Gasteiger partial charge >= 0.3 is 0 Å². The summed E-state index contributed by atoms with van der Waals surface area (Å²) >= 11 is 12.0. The molecule has 1 heterocycles. The molecule has 2 aromatic carbocycles. The van der Waals surface area contributed by atoms with Crippen LogP contribution in [-0.2, 0) is 13.0 Å². The minimum absolute atomic E-state index is 0.568. The predicted molar refractivity (Wildman–Crippen MR) is 91.5 cm³/mol. The fraction of sp³-hybridized carbons (Fsp3) is 0.118. The van der Waals surface area contributed by atoms with Crippen molar-refractivity contribution in [2.45, 2.75) is 13.0 Å². The van der Waals surface area contributed by atoms with Crippen molar-refractivity contribution in [1.29, 1.82) is 0 Å². The lowest BCUT2D eigenvalue weighted by atomic mass is 10.1. The van der Waals surface area contributed by atoms with E-state index in [2.05, 4.69) is 9.55 Å². The van der Waals surface area contributed by atoms with Crippen molar-refractivity contribution in [3.05, 3.63) is 81.9 Å². The van der Waals surface area contributed by atoms with E-state index < -0.39 is 0 Å². The number of nitrogen functional groups attached to an aromatic ring is 1. The minimum Gasteiger partial charge on any atom is -0.399 e. The predicted octanol–water partition coefficient (Wildman–Crippen LogP) is 4.41. The summed E-state index contributed by atoms with van der Waals surface area (Å²) in [5.74, 6) is 0.996. The Balaban J connectivity index is 1.79. The van der Waals surface area contributed by atoms with Crippen LogP contribution in [0.15, 0.2) is 54.9 Å². The van der Waals surface area contributed by atoms with Crippen LogP contribution in [0.2, 0.25) is 10.0 Å². The monoisotopic (exact) mass is 331 g/mol. The molecular weight excluding hydrogens is 317 g/mol. The van der Waals surface area contributed by atoms with Crippen LogP contribution in [0.3, 0.4) is 0 Å². The SMILES string of the molecule is Nc1ccc(Cc2nccn2Cc2ccc(Cl)c(Cl)c2)cc1. The van der Waals surface area contributed by atoms with Gasteiger partial charge in [0.05, 0.1) is 10.0 Å². The molecule has 3 aromatic rings. The van der Waals surface area contributed by atoms with Gasteiger partial charge in [0.25, 0.3) is 0 Å². The molecule has 0 unspecified atom stereocenters. The van der Waals surface area contributed by atoms with E-state index in [9.17, 15) is 0 Å². The van der Waals surface area contributed by atoms with E-state index in [-0.39, 0.29) is 0 Å². The highest BCUT2D eigenvalue weighted by Crippen LogP contribution is 2.23. The summed E-state index contributed by atoms with van der Waals surface area (Å²) in [6.07, 6.45) is 4.54. The second-order valence-electron chi connectivity index (χ2n) is 5.14. The van der Waals surface area contributed by atoms with E-state index in [1.165, 1.54) is 5.56 Å². The number of hydrogen-bond acceptors (Lipinski definition) is 2. The van der Waals surface area contributed by atoms with Crippen LogP contribution in [0.25, 0.3) is 0 Å². The summed E-state index contributed by atoms with van der Waals surface area (Å²) in [7, 11) is 0. The van der Waals surface area contributed by atoms with Crippen molar-refractivity contribution >= 4 is 28.9 Å². The summed E-state index contributed by atoms with van der Waals surface area (Å²) in [5, 5.41) is 1.14. The number of aromatic nitrogens is 2. The molecule has 0 amide bonds. The summed E-state index contributed by atoms with van der Waals surface area (Å²) in [6.45, 7) is 0.710. The largest absolute Gasteiger partial charge is 0.399 e. The number of nitrogens with zero attached hydrogens (tertiary/aromatic N) is 2. The molecule has 22 heavy (non-hydrogen) atoms. The van der Waals surface area contributed by atoms with E-state index in [0.717, 1.165) is 23.5 Å². The van der Waals surface area contributed by atoms with Crippen LogP contribution < -0.4 is 5.73 Å². The first-order chi connectivity index (χ1) is 10.6. The van der Waals surface area contributed by atoms with Crippen LogP contribution in [0.4, 0.5) is 5.69 Å². The molecule has 2 N–H and O–H groups in total. The van der Waals surface area contributed by atoms with Crippen LogP contribution in [0.1, 0.15) is 17.0 Å². The second-order valence-corrected chi connectivity index (χ2v) is 5.95. The summed E-state index contributed by atoms with van der Waals surface area (Å²) in [5.41, 5.74) is 8.75. The number of nitrogens with two attached hydrogens (primary N) is 1. The van der Waals surface area contributed by atoms with E-state index in [1.54, 1.807) is 0 Å². The highest BCUT2D eigenvalue weighted by molar-refractivity contribution is 6.42. The van der Waals surface area contributed by atoms with Crippen molar-refractivity contribution in [3.8, 4) is 0 Å². The first kappa shape index (κ1) is 14.9. The Kier molecular flexibility index (Phi) is 4.36. The van der Waals surface area contributed by atoms with Crippen molar-refractivity contribution < 1.29 is 0 Å². The Morgan fingerprint density at radius 3 is 2.41 bits per heavy atom. The zero-order chi connectivity index (χ0) is 15.5. The Labute approximate surface area is 139 Å². The molecule has 0 saturated carbocycles. The molecule has 0 aliphatic heterocycles. The topological polar surface area (TPSA) is 43.8 Å². The van der Waals surface area contributed by atoms with Crippen LogP contribution in [0, 0.1) is 0 Å². The molecule has 5 heteroatoms. The van der Waals surface area contributed by atoms with Crippen molar-refractivity contribution in [2.75, 3.05) is 5.73 Å². The molecular formula is C17H15Cl2N3. The molecule has 3 rings (SSSR count). The molecule has 0 fully saturated rings. The Morgan fingerprint density at radius 1 is 0.955 bits per heavy atom. The first-order valence-corrected chi connectivity index (χ1v) is 7.66. The zero-order valence-electron chi connectivity index (χ0n) is 11.8. The van der Waals surface area contributed by atoms with E-state index >= 15 is 0 Å². The maximum absolute atomic E-state index is 6.07. The number of anilines is 1. The van der Waals surface area contributed by atoms with Gasteiger partial charge < -0.3 is 10.3 Å². The van der Waals surface area contributed by atoms with Gasteiger partial charge in [0.1, 0.15) is 5.82 Å². The number of rotatable bonds is 4. The fourth-order valence-corrected chi connectivity index (χ4v) is 2.62. The zero-order valence-corrected chi connectivity index (χ0v) is 13.3. The van der Waals surface area contributed by atoms with Crippen LogP contribution in [-0.4, -0.2) is 9.55 Å². The van der Waals surface area contributed by atoms with Gasteiger partial charge in [0.15, 0.2) is 0 Å². The molecule has 0 atom stereocenters. The minimum atomic E-state index is 0.568. The summed E-state index contributed by atoms with van der Waals surface area (Å²) < 4.78 is 2.11. The Morgan fingerprint density at radius 2 is 1.68 bits per heavy atom. The average molecular weight is 332 g/mol. The second kappa shape index (κ2) is 6.42. The molecule has 0 radical (unpaired) electrons. The number of hydrogen-bond donors (Lipinski definition) is 1. The number of halogens is 2. The maximum Gasteiger partial charge on any atom is 0.113 e. The molecule has 0 saturated heterocycles. The molecule has 0 aliphatic carbocycles. The Bertz CT molecular complexity index is 779. The lowest BCUT2D eigenvalue weighted by Gasteiger charge is -2.09. The van der Waals surface area contributed by atoms with E-state index in [1.807, 2.05) is 54.9 Å². The summed E-state index contributed by atoms with van der Waals surface area (Å²) in [6, 6.07) is 13.5. The third-order valence-corrected chi connectivity index (χ3v) is 4.22. The maximum atomic E-state index is 6.07. The van der Waals surface area contributed by atoms with Gasteiger partial charge in [-0.3, -0.25) is 0 Å². The van der Waals surface area contributed by atoms with Gasteiger partial charge in [-0.05, 0) is 35.4 Å². The molecule has 3 nitrogen and oxygen atoms in total. The van der Waals surface area contributed by atoms with Crippen molar-refractivity contribution in [2.24, 2.45) is 0 Å². The smallest absolute Gasteiger partial charge is 0.113 e. The summed E-state index contributed by atoms with van der Waals surface area (Å²) in [4.78, 5) is 4.44. The Hall–Kier alpha value is -1.97. The molecule has 0 spiro atoms. The van der Waals surface area contributed by atoms with E-state index in [0.29, 0.717) is 16.6 Å². The standard InChI is InChI=1S/C17H15Cl2N3/c18-15-6-3-13(9-16(15)19)11-22-8-7-21-17(22)10-12-1-4-14(20)5-2-12/h1-9H,10-11,20H2. The van der Waals surface area contributed by atoms with Crippen molar-refractivity contribution in [1.82, 2.24) is 9.55 Å². The molecule has 112 valence electrons. The van der Waals surface area contributed by atoms with Gasteiger partial charge in [-0.1, -0.05) is 41.4 Å². The third-order valence-electron chi connectivity index (χ3n) is 3.48. The lowest BCUT2D eigenvalue weighted by molar-refractivity contribution is 0.740. The number of benzene rings is 2. The van der Waals surface area contributed by atoms with Gasteiger partial charge in [-0.15, -0.1) is 0 Å². The number of imidazole rings is 1. The van der Waals surface area contributed by atoms with Gasteiger partial charge in [0.2, 0.25) is 0 Å². The lowest BCUT2D eigenvalue weighted by Crippen LogP contribution is -2.05. The molecule has 1 aromatic heterocycles. The van der Waals surface area contributed by atoms with Gasteiger partial charge in [0, 0.05) is 31.0 Å². The third kappa shape index (κ3) is 3.43. The quantitative estimate of drug-likeness (QED) is 0.719. The fourth-order valence-electron chi connectivity index (χ4n) is 2.30. The highest BCUT2D eigenvalue weighted by atomic mass is 35.5. The van der Waals surface area contributed by atoms with Crippen LogP contribution in [0.5, 0.6) is 0 Å². The highest BCUT2D eigenvalue weighted by Gasteiger charge is 2.06. The molecule has 0 bridgehead atoms. The van der Waals surface area contributed by atoms with Gasteiger partial charge in [-0.25, -0.2) is 4.98 Å². The average Bonchev–Trinajstić information content (AvgIpc) is 2.92. The first-order valence-electron chi connectivity index (χ1n) is 6.90. The normalized spacial score (nSPS) is 10.8. The van der Waals surface area contributed by atoms with E-state index in [4.69, 9.17) is 28.9 Å². The van der Waals surface area contributed by atoms with Gasteiger partial charge in [-0.2, -0.15) is 0 Å². The van der Waals surface area contributed by atoms with Crippen molar-refractivity contribution in [3.63, 3.8) is 0 Å².